The Morgan fingerprint density at radius 2 is 1.21 bits per heavy atom. The van der Waals surface area contributed by atoms with E-state index >= 15 is 0 Å². The molecule has 2 aromatic rings. The summed E-state index contributed by atoms with van der Waals surface area (Å²) >= 11 is 0. The first-order chi connectivity index (χ1) is 16.1. The normalized spacial score (nSPS) is 11.8. The number of carbonyl (C=O) groups excluding carboxylic acids is 1. The predicted molar refractivity (Wildman–Crippen MR) is 139 cm³/mol. The lowest BCUT2D eigenvalue weighted by Gasteiger charge is -2.14. The van der Waals surface area contributed by atoms with Crippen LogP contribution in [0.25, 0.3) is 11.1 Å². The number of hydrogen-bond donors (Lipinski definition) is 0. The first-order valence-corrected chi connectivity index (χ1v) is 13.2. The molecule has 0 fully saturated rings. The van der Waals surface area contributed by atoms with Crippen LogP contribution in [-0.2, 0) is 9.53 Å². The van der Waals surface area contributed by atoms with Gasteiger partial charge in [0.05, 0.1) is 6.61 Å². The average Bonchev–Trinajstić information content (AvgIpc) is 2.84. The average molecular weight is 453 g/mol. The molecule has 0 aromatic heterocycles. The molecule has 3 heteroatoms. The lowest BCUT2D eigenvalue weighted by Crippen LogP contribution is -2.08. The highest BCUT2D eigenvalue weighted by Crippen LogP contribution is 2.26. The zero-order valence-electron chi connectivity index (χ0n) is 21.1. The van der Waals surface area contributed by atoms with Crippen molar-refractivity contribution in [2.75, 3.05) is 6.61 Å². The fraction of sp³-hybridized carbons (Fsp3) is 0.567. The molecule has 0 N–H and O–H groups in total. The largest absolute Gasteiger partial charge is 0.494 e. The number of ether oxygens (including phenoxy) is 2. The number of unbranched alkanes of at least 4 members (excludes halogenated alkanes) is 9. The summed E-state index contributed by atoms with van der Waals surface area (Å²) in [5.41, 5.74) is 3.33. The van der Waals surface area contributed by atoms with Gasteiger partial charge in [-0.15, -0.1) is 0 Å². The van der Waals surface area contributed by atoms with E-state index in [2.05, 4.69) is 50.2 Å². The Kier molecular flexibility index (Phi) is 13.4. The molecule has 33 heavy (non-hydrogen) atoms. The fourth-order valence-electron chi connectivity index (χ4n) is 3.96. The number of carbonyl (C=O) groups is 1. The van der Waals surface area contributed by atoms with Gasteiger partial charge in [-0.05, 0) is 48.6 Å². The maximum absolute atomic E-state index is 12.1. The highest BCUT2D eigenvalue weighted by molar-refractivity contribution is 5.69. The van der Waals surface area contributed by atoms with Gasteiger partial charge in [0, 0.05) is 6.42 Å². The van der Waals surface area contributed by atoms with Crippen molar-refractivity contribution in [3.05, 3.63) is 54.1 Å². The van der Waals surface area contributed by atoms with Crippen LogP contribution in [-0.4, -0.2) is 12.6 Å². The van der Waals surface area contributed by atoms with E-state index in [1.165, 1.54) is 51.4 Å². The second-order valence-electron chi connectivity index (χ2n) is 9.06. The Hall–Kier alpha value is -2.29. The van der Waals surface area contributed by atoms with E-state index in [0.717, 1.165) is 48.3 Å². The first-order valence-electron chi connectivity index (χ1n) is 13.2. The maximum atomic E-state index is 12.1. The van der Waals surface area contributed by atoms with E-state index in [1.807, 2.05) is 19.1 Å². The molecule has 0 saturated carbocycles. The smallest absolute Gasteiger partial charge is 0.306 e. The maximum Gasteiger partial charge on any atom is 0.306 e. The summed E-state index contributed by atoms with van der Waals surface area (Å²) in [6, 6.07) is 16.6. The summed E-state index contributed by atoms with van der Waals surface area (Å²) in [6.07, 6.45) is 13.6. The molecule has 0 bridgehead atoms. The van der Waals surface area contributed by atoms with Crippen molar-refractivity contribution in [3.8, 4) is 16.9 Å². The molecule has 0 aliphatic carbocycles. The van der Waals surface area contributed by atoms with E-state index < -0.39 is 0 Å². The van der Waals surface area contributed by atoms with Gasteiger partial charge in [-0.25, -0.2) is 0 Å². The third-order valence-electron chi connectivity index (χ3n) is 6.13. The van der Waals surface area contributed by atoms with E-state index in [-0.39, 0.29) is 12.1 Å². The number of benzene rings is 2. The molecule has 0 amide bonds. The summed E-state index contributed by atoms with van der Waals surface area (Å²) < 4.78 is 11.5. The van der Waals surface area contributed by atoms with Gasteiger partial charge in [0.25, 0.3) is 0 Å². The van der Waals surface area contributed by atoms with Crippen LogP contribution in [0.2, 0.25) is 0 Å². The Bertz CT molecular complexity index is 764. The standard InChI is InChI=1S/C30H44O3/c1-4-6-8-10-12-14-24-32-29-22-20-28(21-23-29)27-18-16-26(17-19-27)25(3)33-30(31)15-13-11-9-7-5-2/h16-23,25H,4-15,24H2,1-3H3. The van der Waals surface area contributed by atoms with Crippen molar-refractivity contribution >= 4 is 5.97 Å². The first kappa shape index (κ1) is 27.0. The second-order valence-corrected chi connectivity index (χ2v) is 9.06. The van der Waals surface area contributed by atoms with Gasteiger partial charge in [-0.2, -0.15) is 0 Å². The lowest BCUT2D eigenvalue weighted by atomic mass is 10.0. The molecule has 0 saturated heterocycles. The molecule has 0 heterocycles. The minimum absolute atomic E-state index is 0.0976. The minimum atomic E-state index is -0.222. The molecule has 2 aromatic carbocycles. The SMILES string of the molecule is CCCCCCCCOc1ccc(-c2ccc(C(C)OC(=O)CCCCCCC)cc2)cc1. The summed E-state index contributed by atoms with van der Waals surface area (Å²) in [7, 11) is 0. The van der Waals surface area contributed by atoms with Gasteiger partial charge in [0.2, 0.25) is 0 Å². The van der Waals surface area contributed by atoms with Crippen LogP contribution in [0.1, 0.15) is 109 Å². The second kappa shape index (κ2) is 16.3. The van der Waals surface area contributed by atoms with Crippen LogP contribution in [0.15, 0.2) is 48.5 Å². The van der Waals surface area contributed by atoms with Gasteiger partial charge >= 0.3 is 5.97 Å². The Morgan fingerprint density at radius 3 is 1.82 bits per heavy atom. The molecular weight excluding hydrogens is 408 g/mol. The summed E-state index contributed by atoms with van der Waals surface area (Å²) in [6.45, 7) is 7.17. The van der Waals surface area contributed by atoms with Crippen molar-refractivity contribution < 1.29 is 14.3 Å². The van der Waals surface area contributed by atoms with Crippen molar-refractivity contribution in [1.82, 2.24) is 0 Å². The number of rotatable bonds is 17. The Labute approximate surface area is 201 Å². The van der Waals surface area contributed by atoms with Gasteiger partial charge in [-0.1, -0.05) is 108 Å². The molecule has 2 rings (SSSR count). The molecule has 0 aliphatic rings. The van der Waals surface area contributed by atoms with Crippen LogP contribution >= 0.6 is 0 Å². The van der Waals surface area contributed by atoms with Crippen LogP contribution in [0, 0.1) is 0 Å². The number of esters is 1. The van der Waals surface area contributed by atoms with Crippen LogP contribution in [0.3, 0.4) is 0 Å². The highest BCUT2D eigenvalue weighted by atomic mass is 16.5. The molecule has 3 nitrogen and oxygen atoms in total. The Morgan fingerprint density at radius 1 is 0.697 bits per heavy atom. The summed E-state index contributed by atoms with van der Waals surface area (Å²) in [4.78, 5) is 12.1. The van der Waals surface area contributed by atoms with E-state index in [0.29, 0.717) is 6.42 Å². The summed E-state index contributed by atoms with van der Waals surface area (Å²) in [5, 5.41) is 0. The lowest BCUT2D eigenvalue weighted by molar-refractivity contribution is -0.148. The van der Waals surface area contributed by atoms with Gasteiger partial charge in [-0.3, -0.25) is 4.79 Å². The van der Waals surface area contributed by atoms with Crippen LogP contribution in [0.4, 0.5) is 0 Å². The Balaban J connectivity index is 1.74. The molecule has 1 unspecified atom stereocenters. The number of hydrogen-bond acceptors (Lipinski definition) is 3. The van der Waals surface area contributed by atoms with Crippen molar-refractivity contribution in [2.45, 2.75) is 104 Å². The highest BCUT2D eigenvalue weighted by Gasteiger charge is 2.12. The molecule has 0 radical (unpaired) electrons. The topological polar surface area (TPSA) is 35.5 Å². The molecule has 1 atom stereocenters. The minimum Gasteiger partial charge on any atom is -0.494 e. The zero-order valence-corrected chi connectivity index (χ0v) is 21.1. The quantitative estimate of drug-likeness (QED) is 0.177. The molecule has 0 aliphatic heterocycles. The third-order valence-corrected chi connectivity index (χ3v) is 6.13. The molecule has 0 spiro atoms. The van der Waals surface area contributed by atoms with Crippen molar-refractivity contribution in [2.24, 2.45) is 0 Å². The third kappa shape index (κ3) is 10.9. The van der Waals surface area contributed by atoms with E-state index in [9.17, 15) is 4.79 Å². The predicted octanol–water partition coefficient (Wildman–Crippen LogP) is 9.06. The van der Waals surface area contributed by atoms with E-state index in [1.54, 1.807) is 0 Å². The van der Waals surface area contributed by atoms with Crippen LogP contribution < -0.4 is 4.74 Å². The van der Waals surface area contributed by atoms with Crippen molar-refractivity contribution in [3.63, 3.8) is 0 Å². The van der Waals surface area contributed by atoms with Crippen molar-refractivity contribution in [1.29, 1.82) is 0 Å². The van der Waals surface area contributed by atoms with Crippen LogP contribution in [0.5, 0.6) is 5.75 Å². The van der Waals surface area contributed by atoms with E-state index in [4.69, 9.17) is 9.47 Å². The van der Waals surface area contributed by atoms with Gasteiger partial charge in [0.1, 0.15) is 11.9 Å². The monoisotopic (exact) mass is 452 g/mol. The molecule has 182 valence electrons. The van der Waals surface area contributed by atoms with Gasteiger partial charge in [0.15, 0.2) is 0 Å². The molecular formula is C30H44O3. The summed E-state index contributed by atoms with van der Waals surface area (Å²) in [5.74, 6) is 0.832. The zero-order chi connectivity index (χ0) is 23.7. The van der Waals surface area contributed by atoms with Gasteiger partial charge < -0.3 is 9.47 Å². The fourth-order valence-corrected chi connectivity index (χ4v) is 3.96.